The van der Waals surface area contributed by atoms with E-state index in [1.807, 2.05) is 39.8 Å². The Hall–Kier alpha value is -1.06. The summed E-state index contributed by atoms with van der Waals surface area (Å²) < 4.78 is 97.6. The fourth-order valence-electron chi connectivity index (χ4n) is 16.3. The average Bonchev–Trinajstić information content (AvgIpc) is 1.69. The van der Waals surface area contributed by atoms with Crippen molar-refractivity contribution in [2.45, 2.75) is 337 Å². The van der Waals surface area contributed by atoms with Crippen molar-refractivity contribution in [1.29, 1.82) is 0 Å². The normalized spacial score (nSPS) is 39.5. The van der Waals surface area contributed by atoms with Crippen LogP contribution in [0.1, 0.15) is 230 Å². The van der Waals surface area contributed by atoms with Crippen molar-refractivity contribution in [3.8, 4) is 0 Å². The van der Waals surface area contributed by atoms with Gasteiger partial charge in [-0.15, -0.1) is 0 Å². The number of ether oxygens (including phenoxy) is 6. The number of esters is 1. The van der Waals surface area contributed by atoms with Crippen LogP contribution in [0, 0.1) is 17.8 Å². The molecule has 18 atom stereocenters. The van der Waals surface area contributed by atoms with E-state index < -0.39 is 111 Å². The van der Waals surface area contributed by atoms with E-state index >= 15 is 0 Å². The van der Waals surface area contributed by atoms with Crippen molar-refractivity contribution in [3.05, 3.63) is 0 Å². The number of carbonyl (C=O) groups is 2. The first-order chi connectivity index (χ1) is 39.8. The number of nitrogens with zero attached hydrogens (tertiary/aromatic N) is 2. The molecular formula is C63H116F6N2O13P2. The number of aliphatic hydroxyl groups excluding tert-OH is 3. The van der Waals surface area contributed by atoms with Crippen LogP contribution < -0.4 is 0 Å². The molecular weight excluding hydrogens is 1170 g/mol. The predicted molar refractivity (Wildman–Crippen MR) is 327 cm³/mol. The molecule has 0 aromatic carbocycles. The van der Waals surface area contributed by atoms with E-state index in [1.165, 1.54) is 129 Å². The monoisotopic (exact) mass is 1280 g/mol. The van der Waals surface area contributed by atoms with E-state index in [4.69, 9.17) is 28.4 Å². The number of rotatable bonds is 18. The van der Waals surface area contributed by atoms with Crippen molar-refractivity contribution < 1.29 is 88.7 Å². The fourth-order valence-corrected chi connectivity index (χ4v) is 23.9. The molecule has 3 heterocycles. The number of halogens is 6. The van der Waals surface area contributed by atoms with E-state index in [2.05, 4.69) is 0 Å². The molecule has 5 N–H and O–H groups in total. The first kappa shape index (κ1) is 75.7. The maximum atomic E-state index is 14.8. The summed E-state index contributed by atoms with van der Waals surface area (Å²) in [6, 6.07) is -1.21. The molecule has 6 rings (SSSR count). The molecule has 23 heteroatoms. The molecule has 3 aliphatic carbocycles. The van der Waals surface area contributed by atoms with Gasteiger partial charge in [-0.25, -0.2) is 0 Å². The molecule has 15 nitrogen and oxygen atoms in total. The molecule has 3 saturated heterocycles. The van der Waals surface area contributed by atoms with E-state index in [9.17, 15) is 60.3 Å². The second-order valence-electron chi connectivity index (χ2n) is 28.3. The molecule has 0 aromatic rings. The van der Waals surface area contributed by atoms with Crippen LogP contribution in [0.15, 0.2) is 0 Å². The molecule has 6 aliphatic rings. The van der Waals surface area contributed by atoms with Crippen molar-refractivity contribution in [1.82, 2.24) is 9.80 Å². The molecule has 0 aromatic heterocycles. The Morgan fingerprint density at radius 3 is 1.72 bits per heavy atom. The number of aliphatic hydroxyl groups is 5. The summed E-state index contributed by atoms with van der Waals surface area (Å²) >= 11 is 0. The van der Waals surface area contributed by atoms with Crippen molar-refractivity contribution >= 4 is 26.9 Å². The van der Waals surface area contributed by atoms with Crippen LogP contribution >= 0.6 is 15.1 Å². The second kappa shape index (κ2) is 30.8. The van der Waals surface area contributed by atoms with E-state index in [1.54, 1.807) is 46.4 Å². The van der Waals surface area contributed by atoms with Crippen LogP contribution in [0.5, 0.6) is 0 Å². The van der Waals surface area contributed by atoms with Crippen molar-refractivity contribution in [3.63, 3.8) is 0 Å². The van der Waals surface area contributed by atoms with Gasteiger partial charge in [-0.2, -0.15) is 0 Å². The number of unbranched alkanes of at least 4 members (excludes halogenated alkanes) is 4. The van der Waals surface area contributed by atoms with Gasteiger partial charge in [-0.1, -0.05) is 52.9 Å². The van der Waals surface area contributed by atoms with E-state index in [0.717, 1.165) is 29.8 Å². The summed E-state index contributed by atoms with van der Waals surface area (Å²) in [6.07, 6.45) is 19.3. The first-order valence-corrected chi connectivity index (χ1v) is 37.2. The fraction of sp³-hybridized carbons (Fsp3) is 0.968. The zero-order chi connectivity index (χ0) is 64.4. The van der Waals surface area contributed by atoms with Crippen LogP contribution in [0.25, 0.3) is 0 Å². The Morgan fingerprint density at radius 1 is 0.733 bits per heavy atom. The maximum absolute atomic E-state index is 14.8. The number of amides is 1. The Bertz CT molecular complexity index is 2030. The van der Waals surface area contributed by atoms with Crippen LogP contribution in [-0.4, -0.2) is 188 Å². The number of likely N-dealkylation sites (N-methyl/N-ethyl adjacent to an activating group) is 1. The Morgan fingerprint density at radius 2 is 1.23 bits per heavy atom. The van der Waals surface area contributed by atoms with Gasteiger partial charge in [0.05, 0.1) is 70.7 Å². The van der Waals surface area contributed by atoms with E-state index in [-0.39, 0.29) is 56.2 Å². The van der Waals surface area contributed by atoms with Crippen molar-refractivity contribution in [2.24, 2.45) is 17.8 Å². The average molecular weight is 1290 g/mol. The van der Waals surface area contributed by atoms with Gasteiger partial charge in [0.2, 0.25) is 5.91 Å². The Kier molecular flexibility index (Phi) is 27.1. The van der Waals surface area contributed by atoms with Crippen molar-refractivity contribution in [2.75, 3.05) is 33.9 Å². The summed E-state index contributed by atoms with van der Waals surface area (Å²) in [5.41, 5.74) is -1.79. The minimum absolute atomic E-state index is 0.0984. The number of carbonyl (C=O) groups excluding carboxylic acids is 2. The molecule has 0 radical (unpaired) electrons. The summed E-state index contributed by atoms with van der Waals surface area (Å²) in [5, 5.41) is 60.8. The molecule has 0 spiro atoms. The number of hydrogen-bond donors (Lipinski definition) is 5. The topological polar surface area (TPSA) is 197 Å². The molecule has 0 bridgehead atoms. The molecule has 3 aliphatic heterocycles. The second-order valence-corrected chi connectivity index (χ2v) is 34.9. The van der Waals surface area contributed by atoms with Crippen LogP contribution in [0.2, 0.25) is 0 Å². The van der Waals surface area contributed by atoms with Gasteiger partial charge < -0.3 is 63.8 Å². The molecule has 86 heavy (non-hydrogen) atoms. The molecule has 508 valence electrons. The van der Waals surface area contributed by atoms with Gasteiger partial charge in [-0.05, 0) is 184 Å². The summed E-state index contributed by atoms with van der Waals surface area (Å²) in [5.74, 6) is -3.14. The van der Waals surface area contributed by atoms with Gasteiger partial charge in [-0.3, -0.25) is 9.59 Å². The third-order valence-corrected chi connectivity index (χ3v) is 27.7. The molecule has 0 unspecified atom stereocenters. The Labute approximate surface area is 512 Å². The molecule has 6 fully saturated rings. The predicted octanol–water partition coefficient (Wildman–Crippen LogP) is 13.5. The third-order valence-electron chi connectivity index (χ3n) is 20.9. The number of hydrogen-bond acceptors (Lipinski definition) is 14. The van der Waals surface area contributed by atoms with Gasteiger partial charge in [0.1, 0.15) is 30.0 Å². The van der Waals surface area contributed by atoms with Crippen LogP contribution in [0.4, 0.5) is 25.2 Å². The van der Waals surface area contributed by atoms with Gasteiger partial charge in [0.25, 0.3) is 0 Å². The summed E-state index contributed by atoms with van der Waals surface area (Å²) in [6.45, 7) is 17.7. The SMILES string of the molecule is CC[C@H]1OC(=O)[C@H](C)[C@@H](O[C@H]2C[C@@](C)(OC)[C@@H](O)[C@H](C)O2)[C@H](C)[C@@H](O[C@@H]2O[C@H](C)C[C@H](N(C)C)[C@H]2O)[C@](C)(O)C[C@@H](C)CN(C(=O)CCCCCCC[P+](C2CCCCC2)(C2CCCCC2)C2CCCCC2)[C@H](C)[C@@H](O)[C@]1(C)O.F[P-](F)(F)(F)(F)F. The standard InChI is InChI=1S/C63H116N2O13P.F6P/c1-14-51-63(10,72)56(68)45(6)65(52(66)35-27-16-15-17-28-36-79(47-29-21-18-22-30-47,48-31-23-19-24-32-48)49-33-25-20-26-34-49)40-41(2)38-61(8,71)58(78-60-54(67)50(64(11)12)37-42(3)74-60)43(4)55(44(5)59(70)76-51)77-53-39-62(9,73-13)57(69)46(7)75-53;1-7(2,3,4,5)6/h41-51,53-58,60,67-69,71-72H,14-40H2,1-13H3;/q+1;-1/t41-,42-,43+,44-,45-,46+,50+,51-,53+,54-,55+,56-,57+,58-,60+,61-,62-,63-;/m1./s1. The Balaban J connectivity index is 0.00000181. The number of methoxy groups -OCH3 is 1. The third kappa shape index (κ3) is 21.0. The zero-order valence-electron chi connectivity index (χ0n) is 54.5. The molecule has 3 saturated carbocycles. The van der Waals surface area contributed by atoms with Crippen LogP contribution in [0.3, 0.4) is 0 Å². The van der Waals surface area contributed by atoms with Crippen LogP contribution in [-0.2, 0) is 38.0 Å². The quantitative estimate of drug-likeness (QED) is 0.0376. The molecule has 1 amide bonds. The van der Waals surface area contributed by atoms with Gasteiger partial charge in [0.15, 0.2) is 12.6 Å². The summed E-state index contributed by atoms with van der Waals surface area (Å²) in [7, 11) is -6.49. The van der Waals surface area contributed by atoms with Gasteiger partial charge >= 0.3 is 39.0 Å². The number of cyclic esters (lactones) is 1. The van der Waals surface area contributed by atoms with Gasteiger partial charge in [0, 0.05) is 45.7 Å². The first-order valence-electron chi connectivity index (χ1n) is 33.0. The summed E-state index contributed by atoms with van der Waals surface area (Å²) in [4.78, 5) is 33.1. The van der Waals surface area contributed by atoms with E-state index in [0.29, 0.717) is 12.8 Å². The minimum atomic E-state index is -10.7. The zero-order valence-corrected chi connectivity index (χ0v) is 56.3.